The van der Waals surface area contributed by atoms with Crippen LogP contribution in [0.4, 0.5) is 21.0 Å². The second-order valence-corrected chi connectivity index (χ2v) is 3.95. The van der Waals surface area contributed by atoms with Crippen LogP contribution in [0.1, 0.15) is 25.2 Å². The minimum Gasteiger partial charge on any atom is -0.450 e. The Kier molecular flexibility index (Phi) is 5.76. The number of nitrogens with zero attached hydrogens (tertiary/aromatic N) is 1. The molecule has 0 aromatic carbocycles. The number of carbonyl (C=O) groups is 2. The van der Waals surface area contributed by atoms with Gasteiger partial charge < -0.3 is 9.47 Å². The summed E-state index contributed by atoms with van der Waals surface area (Å²) in [6.45, 7) is 7.49. The zero-order valence-electron chi connectivity index (χ0n) is 12.1. The van der Waals surface area contributed by atoms with Crippen molar-refractivity contribution in [3.8, 4) is 0 Å². The highest BCUT2D eigenvalue weighted by molar-refractivity contribution is 5.89. The Morgan fingerprint density at radius 2 is 1.40 bits per heavy atom. The second-order valence-electron chi connectivity index (χ2n) is 3.95. The smallest absolute Gasteiger partial charge is 0.411 e. The van der Waals surface area contributed by atoms with Gasteiger partial charge in [-0.15, -0.1) is 0 Å². The van der Waals surface area contributed by atoms with Crippen LogP contribution in [0.5, 0.6) is 0 Å². The molecule has 0 aliphatic rings. The van der Waals surface area contributed by atoms with Gasteiger partial charge in [0.1, 0.15) is 0 Å². The van der Waals surface area contributed by atoms with Crippen LogP contribution in [0.15, 0.2) is 6.07 Å². The fraction of sp³-hybridized carbons (Fsp3) is 0.462. The highest BCUT2D eigenvalue weighted by atomic mass is 16.6. The van der Waals surface area contributed by atoms with E-state index in [9.17, 15) is 9.59 Å². The summed E-state index contributed by atoms with van der Waals surface area (Å²) >= 11 is 0. The lowest BCUT2D eigenvalue weighted by atomic mass is 10.2. The van der Waals surface area contributed by atoms with E-state index in [0.717, 1.165) is 0 Å². The zero-order chi connectivity index (χ0) is 15.1. The molecule has 0 aliphatic carbocycles. The molecule has 0 bridgehead atoms. The number of aryl methyl sites for hydroxylation is 2. The maximum atomic E-state index is 11.4. The molecule has 2 N–H and O–H groups in total. The molecule has 1 aromatic heterocycles. The van der Waals surface area contributed by atoms with E-state index in [1.165, 1.54) is 0 Å². The highest BCUT2D eigenvalue weighted by Crippen LogP contribution is 2.22. The third-order valence-electron chi connectivity index (χ3n) is 2.43. The number of hydrogen-bond acceptors (Lipinski definition) is 5. The quantitative estimate of drug-likeness (QED) is 0.885. The SMILES string of the molecule is CCOC(=O)Nc1cc(NC(=O)OCC)c(C)nc1C. The molecule has 1 heterocycles. The molecular formula is C13H19N3O4. The third-order valence-corrected chi connectivity index (χ3v) is 2.43. The Morgan fingerprint density at radius 1 is 1.00 bits per heavy atom. The molecule has 0 unspecified atom stereocenters. The number of amides is 2. The summed E-state index contributed by atoms with van der Waals surface area (Å²) in [7, 11) is 0. The molecule has 110 valence electrons. The fourth-order valence-corrected chi connectivity index (χ4v) is 1.53. The molecule has 0 spiro atoms. The highest BCUT2D eigenvalue weighted by Gasteiger charge is 2.12. The molecule has 1 rings (SSSR count). The standard InChI is InChI=1S/C13H19N3O4/c1-5-19-12(17)15-10-7-11(9(4)14-8(10)3)16-13(18)20-6-2/h7H,5-6H2,1-4H3,(H,15,17)(H,16,18). The van der Waals surface area contributed by atoms with E-state index in [2.05, 4.69) is 15.6 Å². The van der Waals surface area contributed by atoms with Crippen LogP contribution in [-0.2, 0) is 9.47 Å². The second kappa shape index (κ2) is 7.32. The van der Waals surface area contributed by atoms with E-state index >= 15 is 0 Å². The predicted octanol–water partition coefficient (Wildman–Crippen LogP) is 2.84. The molecule has 0 radical (unpaired) electrons. The summed E-state index contributed by atoms with van der Waals surface area (Å²) in [6.07, 6.45) is -1.13. The largest absolute Gasteiger partial charge is 0.450 e. The van der Waals surface area contributed by atoms with E-state index in [1.54, 1.807) is 33.8 Å². The van der Waals surface area contributed by atoms with Crippen molar-refractivity contribution in [3.63, 3.8) is 0 Å². The van der Waals surface area contributed by atoms with Gasteiger partial charge in [0.25, 0.3) is 0 Å². The van der Waals surface area contributed by atoms with Crippen LogP contribution in [0.25, 0.3) is 0 Å². The van der Waals surface area contributed by atoms with Crippen molar-refractivity contribution in [2.45, 2.75) is 27.7 Å². The lowest BCUT2D eigenvalue weighted by molar-refractivity contribution is 0.167. The lowest BCUT2D eigenvalue weighted by Gasteiger charge is -2.13. The summed E-state index contributed by atoms with van der Waals surface area (Å²) in [5.74, 6) is 0. The topological polar surface area (TPSA) is 89.6 Å². The van der Waals surface area contributed by atoms with Crippen LogP contribution in [0.3, 0.4) is 0 Å². The number of hydrogen-bond donors (Lipinski definition) is 2. The molecule has 7 nitrogen and oxygen atoms in total. The van der Waals surface area contributed by atoms with Crippen LogP contribution in [0, 0.1) is 13.8 Å². The van der Waals surface area contributed by atoms with E-state index in [4.69, 9.17) is 9.47 Å². The Morgan fingerprint density at radius 3 is 1.75 bits per heavy atom. The average molecular weight is 281 g/mol. The van der Waals surface area contributed by atoms with Crippen molar-refractivity contribution in [2.24, 2.45) is 0 Å². The van der Waals surface area contributed by atoms with Crippen molar-refractivity contribution in [1.82, 2.24) is 4.98 Å². The first-order valence-corrected chi connectivity index (χ1v) is 6.33. The maximum absolute atomic E-state index is 11.4. The first-order chi connectivity index (χ1) is 9.47. The molecular weight excluding hydrogens is 262 g/mol. The molecule has 1 aromatic rings. The van der Waals surface area contributed by atoms with Gasteiger partial charge in [-0.1, -0.05) is 0 Å². The van der Waals surface area contributed by atoms with Crippen molar-refractivity contribution in [3.05, 3.63) is 17.5 Å². The molecule has 0 saturated carbocycles. The average Bonchev–Trinajstić information content (AvgIpc) is 2.35. The van der Waals surface area contributed by atoms with Crippen molar-refractivity contribution >= 4 is 23.6 Å². The summed E-state index contributed by atoms with van der Waals surface area (Å²) < 4.78 is 9.60. The first-order valence-electron chi connectivity index (χ1n) is 6.33. The van der Waals surface area contributed by atoms with Gasteiger partial charge in [0.05, 0.1) is 36.0 Å². The number of ether oxygens (including phenoxy) is 2. The van der Waals surface area contributed by atoms with Gasteiger partial charge in [-0.3, -0.25) is 15.6 Å². The van der Waals surface area contributed by atoms with Crippen LogP contribution >= 0.6 is 0 Å². The molecule has 20 heavy (non-hydrogen) atoms. The molecule has 2 amide bonds. The van der Waals surface area contributed by atoms with Crippen molar-refractivity contribution < 1.29 is 19.1 Å². The predicted molar refractivity (Wildman–Crippen MR) is 75.0 cm³/mol. The number of pyridine rings is 1. The molecule has 0 atom stereocenters. The summed E-state index contributed by atoms with van der Waals surface area (Å²) in [5, 5.41) is 5.14. The van der Waals surface area contributed by atoms with Crippen molar-refractivity contribution in [2.75, 3.05) is 23.8 Å². The van der Waals surface area contributed by atoms with Gasteiger partial charge >= 0.3 is 12.2 Å². The van der Waals surface area contributed by atoms with Crippen LogP contribution in [-0.4, -0.2) is 30.4 Å². The number of rotatable bonds is 4. The number of anilines is 2. The number of aromatic nitrogens is 1. The third kappa shape index (κ3) is 4.42. The van der Waals surface area contributed by atoms with Gasteiger partial charge in [0.2, 0.25) is 0 Å². The monoisotopic (exact) mass is 281 g/mol. The number of nitrogens with one attached hydrogen (secondary N) is 2. The lowest BCUT2D eigenvalue weighted by Crippen LogP contribution is -2.17. The minimum atomic E-state index is -0.566. The van der Waals surface area contributed by atoms with E-state index in [-0.39, 0.29) is 13.2 Å². The van der Waals surface area contributed by atoms with Gasteiger partial charge in [-0.05, 0) is 33.8 Å². The first kappa shape index (κ1) is 15.7. The zero-order valence-corrected chi connectivity index (χ0v) is 12.1. The van der Waals surface area contributed by atoms with Gasteiger partial charge in [-0.2, -0.15) is 0 Å². The minimum absolute atomic E-state index is 0.276. The maximum Gasteiger partial charge on any atom is 0.411 e. The van der Waals surface area contributed by atoms with Gasteiger partial charge in [0.15, 0.2) is 0 Å². The fourth-order valence-electron chi connectivity index (χ4n) is 1.53. The summed E-state index contributed by atoms with van der Waals surface area (Å²) in [4.78, 5) is 27.1. The van der Waals surface area contributed by atoms with Crippen LogP contribution < -0.4 is 10.6 Å². The molecule has 0 fully saturated rings. The summed E-state index contributed by atoms with van der Waals surface area (Å²) in [6, 6.07) is 1.62. The van der Waals surface area contributed by atoms with E-state index in [0.29, 0.717) is 22.8 Å². The summed E-state index contributed by atoms with van der Waals surface area (Å²) in [5.41, 5.74) is 2.21. The van der Waals surface area contributed by atoms with Crippen molar-refractivity contribution in [1.29, 1.82) is 0 Å². The van der Waals surface area contributed by atoms with Gasteiger partial charge in [0, 0.05) is 0 Å². The number of carbonyl (C=O) groups excluding carboxylic acids is 2. The Bertz CT molecular complexity index is 461. The van der Waals surface area contributed by atoms with E-state index in [1.807, 2.05) is 0 Å². The Balaban J connectivity index is 2.91. The normalized spacial score (nSPS) is 9.80. The van der Waals surface area contributed by atoms with Gasteiger partial charge in [-0.25, -0.2) is 9.59 Å². The molecule has 0 aliphatic heterocycles. The Hall–Kier alpha value is -2.31. The molecule has 0 saturated heterocycles. The molecule has 7 heteroatoms. The van der Waals surface area contributed by atoms with Crippen LogP contribution in [0.2, 0.25) is 0 Å². The van der Waals surface area contributed by atoms with E-state index < -0.39 is 12.2 Å². The Labute approximate surface area is 117 Å².